The summed E-state index contributed by atoms with van der Waals surface area (Å²) in [7, 11) is 0. The second-order valence-corrected chi connectivity index (χ2v) is 10.7. The van der Waals surface area contributed by atoms with E-state index in [1.165, 1.54) is 27.7 Å². The van der Waals surface area contributed by atoms with Crippen LogP contribution in [0.4, 0.5) is 0 Å². The summed E-state index contributed by atoms with van der Waals surface area (Å²) >= 11 is 7.06. The van der Waals surface area contributed by atoms with E-state index >= 15 is 0 Å². The van der Waals surface area contributed by atoms with Crippen molar-refractivity contribution in [1.82, 2.24) is 4.98 Å². The molecule has 3 aliphatic carbocycles. The normalized spacial score (nSPS) is 31.1. The molecule has 3 unspecified atom stereocenters. The molecule has 2 nitrogen and oxygen atoms in total. The number of hydrogen-bond donors (Lipinski definition) is 1. The van der Waals surface area contributed by atoms with Crippen LogP contribution in [0, 0.1) is 22.7 Å². The van der Waals surface area contributed by atoms with E-state index < -0.39 is 5.41 Å². The van der Waals surface area contributed by atoms with Crippen molar-refractivity contribution in [2.24, 2.45) is 11.3 Å². The summed E-state index contributed by atoms with van der Waals surface area (Å²) in [6.07, 6.45) is 5.01. The van der Waals surface area contributed by atoms with Gasteiger partial charge in [-0.1, -0.05) is 39.0 Å². The number of nitriles is 1. The Labute approximate surface area is 178 Å². The maximum absolute atomic E-state index is 10.1. The van der Waals surface area contributed by atoms with Crippen molar-refractivity contribution in [2.75, 3.05) is 0 Å². The first-order chi connectivity index (χ1) is 13.6. The number of benzene rings is 1. The van der Waals surface area contributed by atoms with Crippen LogP contribution in [0.15, 0.2) is 48.1 Å². The van der Waals surface area contributed by atoms with Crippen molar-refractivity contribution >= 4 is 28.1 Å². The Morgan fingerprint density at radius 1 is 1.24 bits per heavy atom. The molecule has 0 aliphatic heterocycles. The first-order valence-corrected chi connectivity index (χ1v) is 10.8. The highest BCUT2D eigenvalue weighted by atomic mass is 35.5. The Balaban J connectivity index is 2.07. The minimum atomic E-state index is -0.409. The lowest BCUT2D eigenvalue weighted by Gasteiger charge is -2.50. The predicted molar refractivity (Wildman–Crippen MR) is 121 cm³/mol. The van der Waals surface area contributed by atoms with E-state index in [0.29, 0.717) is 5.92 Å². The van der Waals surface area contributed by atoms with Crippen LogP contribution in [0.2, 0.25) is 0 Å². The van der Waals surface area contributed by atoms with E-state index in [1.807, 2.05) is 6.08 Å². The van der Waals surface area contributed by atoms with Crippen LogP contribution in [-0.2, 0) is 10.8 Å². The third-order valence-corrected chi connectivity index (χ3v) is 8.73. The predicted octanol–water partition coefficient (Wildman–Crippen LogP) is 6.77. The molecule has 1 N–H and O–H groups in total. The van der Waals surface area contributed by atoms with E-state index in [1.54, 1.807) is 0 Å². The van der Waals surface area contributed by atoms with Gasteiger partial charge in [-0.2, -0.15) is 5.26 Å². The number of allylic oxidation sites excluding steroid dienone is 5. The van der Waals surface area contributed by atoms with Crippen molar-refractivity contribution in [3.8, 4) is 6.07 Å². The molecule has 2 aromatic rings. The van der Waals surface area contributed by atoms with Crippen LogP contribution < -0.4 is 0 Å². The van der Waals surface area contributed by atoms with Crippen molar-refractivity contribution in [2.45, 2.75) is 57.2 Å². The van der Waals surface area contributed by atoms with Crippen LogP contribution >= 0.6 is 11.6 Å². The average molecular weight is 403 g/mol. The molecule has 0 bridgehead atoms. The number of nitrogens with zero attached hydrogens (tertiary/aromatic N) is 1. The number of halogens is 1. The molecule has 0 radical (unpaired) electrons. The second kappa shape index (κ2) is 5.46. The van der Waals surface area contributed by atoms with E-state index in [2.05, 4.69) is 76.5 Å². The van der Waals surface area contributed by atoms with E-state index in [9.17, 15) is 5.26 Å². The van der Waals surface area contributed by atoms with Crippen LogP contribution in [0.5, 0.6) is 0 Å². The van der Waals surface area contributed by atoms with Gasteiger partial charge in [-0.05, 0) is 60.5 Å². The Hall–Kier alpha value is -2.24. The van der Waals surface area contributed by atoms with Crippen LogP contribution in [0.3, 0.4) is 0 Å². The second-order valence-electron chi connectivity index (χ2n) is 10.2. The Kier molecular flexibility index (Phi) is 3.54. The zero-order chi connectivity index (χ0) is 20.9. The van der Waals surface area contributed by atoms with Gasteiger partial charge < -0.3 is 4.98 Å². The lowest BCUT2D eigenvalue weighted by atomic mass is 9.55. The number of aromatic amines is 1. The molecule has 1 aromatic carbocycles. The van der Waals surface area contributed by atoms with Crippen LogP contribution in [0.1, 0.15) is 57.9 Å². The maximum atomic E-state index is 10.1. The first-order valence-electron chi connectivity index (χ1n) is 10.4. The highest BCUT2D eigenvalue weighted by molar-refractivity contribution is 6.22. The molecule has 1 heterocycles. The summed E-state index contributed by atoms with van der Waals surface area (Å²) in [5, 5.41) is 11.4. The molecule has 0 fully saturated rings. The molecule has 148 valence electrons. The zero-order valence-corrected chi connectivity index (χ0v) is 18.5. The molecule has 3 heteroatoms. The van der Waals surface area contributed by atoms with Gasteiger partial charge in [0.1, 0.15) is 0 Å². The van der Waals surface area contributed by atoms with Crippen molar-refractivity contribution < 1.29 is 0 Å². The molecule has 0 spiro atoms. The number of alkyl halides is 1. The summed E-state index contributed by atoms with van der Waals surface area (Å²) in [5.41, 5.74) is 7.48. The van der Waals surface area contributed by atoms with Gasteiger partial charge in [0.15, 0.2) is 0 Å². The first kappa shape index (κ1) is 18.8. The molecule has 3 atom stereocenters. The lowest BCUT2D eigenvalue weighted by Crippen LogP contribution is -2.43. The number of aromatic nitrogens is 1. The van der Waals surface area contributed by atoms with E-state index in [-0.39, 0.29) is 16.2 Å². The minimum absolute atomic E-state index is 0.0443. The topological polar surface area (TPSA) is 39.6 Å². The van der Waals surface area contributed by atoms with Gasteiger partial charge >= 0.3 is 0 Å². The molecular weight excluding hydrogens is 376 g/mol. The third-order valence-electron chi connectivity index (χ3n) is 8.10. The standard InChI is InChI=1S/C26H27ClN2/c1-7-26(6)17-11-14(13-28)24(2,3)23-22-20(17)16(12-19(26)27)25(4,5)15-9-8-10-18(29-23)21(15)22/h7-11,16,19,29H,1,12H2,2-6H3. The Morgan fingerprint density at radius 3 is 2.62 bits per heavy atom. The summed E-state index contributed by atoms with van der Waals surface area (Å²) in [6.45, 7) is 15.3. The maximum Gasteiger partial charge on any atom is 0.0957 e. The molecule has 0 saturated carbocycles. The smallest absolute Gasteiger partial charge is 0.0957 e. The van der Waals surface area contributed by atoms with Gasteiger partial charge in [0, 0.05) is 43.9 Å². The molecule has 1 aromatic heterocycles. The fraction of sp³-hybridized carbons (Fsp3) is 0.423. The highest BCUT2D eigenvalue weighted by Gasteiger charge is 2.53. The minimum Gasteiger partial charge on any atom is -0.357 e. The number of rotatable bonds is 1. The molecule has 29 heavy (non-hydrogen) atoms. The van der Waals surface area contributed by atoms with Gasteiger partial charge in [-0.25, -0.2) is 0 Å². The Bertz CT molecular complexity index is 1200. The summed E-state index contributed by atoms with van der Waals surface area (Å²) in [6, 6.07) is 9.09. The molecule has 3 aliphatic rings. The zero-order valence-electron chi connectivity index (χ0n) is 17.8. The monoisotopic (exact) mass is 402 g/mol. The van der Waals surface area contributed by atoms with Gasteiger partial charge in [0.25, 0.3) is 0 Å². The quantitative estimate of drug-likeness (QED) is 0.414. The number of H-pyrrole nitrogens is 1. The summed E-state index contributed by atoms with van der Waals surface area (Å²) in [4.78, 5) is 3.72. The molecule has 0 amide bonds. The average Bonchev–Trinajstić information content (AvgIpc) is 3.03. The van der Waals surface area contributed by atoms with E-state index in [0.717, 1.165) is 23.2 Å². The molecule has 0 saturated heterocycles. The van der Waals surface area contributed by atoms with Crippen molar-refractivity contribution in [3.63, 3.8) is 0 Å². The van der Waals surface area contributed by atoms with Gasteiger partial charge in [-0.3, -0.25) is 0 Å². The lowest BCUT2D eigenvalue weighted by molar-refractivity contribution is 0.308. The SMILES string of the molecule is C=CC1(C)C2=C3c4c([nH]c5cccc(c45)C(C)(C)C3CC1Cl)C(C)(C)C(C#N)=C2. The van der Waals surface area contributed by atoms with E-state index in [4.69, 9.17) is 11.6 Å². The van der Waals surface area contributed by atoms with Crippen LogP contribution in [0.25, 0.3) is 16.5 Å². The fourth-order valence-corrected chi connectivity index (χ4v) is 6.38. The number of hydrogen-bond acceptors (Lipinski definition) is 1. The van der Waals surface area contributed by atoms with Crippen LogP contribution in [-0.4, -0.2) is 10.4 Å². The van der Waals surface area contributed by atoms with Gasteiger partial charge in [-0.15, -0.1) is 18.2 Å². The van der Waals surface area contributed by atoms with Gasteiger partial charge in [0.05, 0.1) is 6.07 Å². The fourth-order valence-electron chi connectivity index (χ4n) is 5.99. The third kappa shape index (κ3) is 2.02. The summed E-state index contributed by atoms with van der Waals surface area (Å²) < 4.78 is 0. The number of nitrogens with one attached hydrogen (secondary N) is 1. The Morgan fingerprint density at radius 2 is 1.97 bits per heavy atom. The van der Waals surface area contributed by atoms with Crippen molar-refractivity contribution in [1.29, 1.82) is 5.26 Å². The molecular formula is C26H27ClN2. The summed E-state index contributed by atoms with van der Waals surface area (Å²) in [5.74, 6) is 0.297. The van der Waals surface area contributed by atoms with Crippen molar-refractivity contribution in [3.05, 3.63) is 64.9 Å². The molecule has 5 rings (SSSR count). The van der Waals surface area contributed by atoms with Gasteiger partial charge in [0.2, 0.25) is 0 Å². The highest BCUT2D eigenvalue weighted by Crippen LogP contribution is 2.62. The largest absolute Gasteiger partial charge is 0.357 e.